The van der Waals surface area contributed by atoms with Crippen LogP contribution in [0.1, 0.15) is 37.8 Å². The molecule has 6 nitrogen and oxygen atoms in total. The Morgan fingerprint density at radius 3 is 2.90 bits per heavy atom. The summed E-state index contributed by atoms with van der Waals surface area (Å²) in [7, 11) is 0. The van der Waals surface area contributed by atoms with E-state index < -0.39 is 0 Å². The average Bonchev–Trinajstić information content (AvgIpc) is 2.82. The van der Waals surface area contributed by atoms with Gasteiger partial charge in [0.1, 0.15) is 17.7 Å². The highest BCUT2D eigenvalue weighted by Crippen LogP contribution is 2.28. The number of hydrogen-bond acceptors (Lipinski definition) is 6. The Labute approximate surface area is 187 Å². The maximum absolute atomic E-state index is 8.82. The normalized spacial score (nSPS) is 11.9. The summed E-state index contributed by atoms with van der Waals surface area (Å²) in [4.78, 5) is 14.4. The molecule has 31 heavy (non-hydrogen) atoms. The number of hydrogen-bond donors (Lipinski definition) is 2. The van der Waals surface area contributed by atoms with E-state index in [-0.39, 0.29) is 0 Å². The zero-order chi connectivity index (χ0) is 21.9. The van der Waals surface area contributed by atoms with Crippen molar-refractivity contribution in [2.45, 2.75) is 26.7 Å². The Balaban J connectivity index is 1.55. The Bertz CT molecular complexity index is 1100. The first-order valence-electron chi connectivity index (χ1n) is 10.3. The molecule has 3 aromatic rings. The first-order valence-corrected chi connectivity index (χ1v) is 11.1. The molecule has 0 aliphatic rings. The van der Waals surface area contributed by atoms with Crippen molar-refractivity contribution >= 4 is 39.4 Å². The van der Waals surface area contributed by atoms with Crippen LogP contribution in [0.3, 0.4) is 0 Å². The van der Waals surface area contributed by atoms with Gasteiger partial charge in [-0.1, -0.05) is 31.6 Å². The maximum Gasteiger partial charge on any atom is 0.126 e. The fourth-order valence-corrected chi connectivity index (χ4v) is 3.62. The lowest BCUT2D eigenvalue weighted by Gasteiger charge is -2.11. The summed E-state index contributed by atoms with van der Waals surface area (Å²) in [6, 6.07) is 16.0. The molecule has 1 aromatic carbocycles. The number of allylic oxidation sites excluding steroid dienone is 1. The van der Waals surface area contributed by atoms with Crippen molar-refractivity contribution in [3.63, 3.8) is 0 Å². The molecule has 2 heterocycles. The van der Waals surface area contributed by atoms with E-state index in [0.29, 0.717) is 18.7 Å². The lowest BCUT2D eigenvalue weighted by Crippen LogP contribution is -2.14. The predicted molar refractivity (Wildman–Crippen MR) is 131 cm³/mol. The maximum atomic E-state index is 8.82. The number of nitrogens with one attached hydrogen (secondary N) is 2. The van der Waals surface area contributed by atoms with Gasteiger partial charge in [-0.2, -0.15) is 5.26 Å². The Morgan fingerprint density at radius 1 is 1.23 bits per heavy atom. The van der Waals surface area contributed by atoms with Crippen LogP contribution < -0.4 is 10.0 Å². The van der Waals surface area contributed by atoms with Gasteiger partial charge < -0.3 is 10.0 Å². The van der Waals surface area contributed by atoms with Crippen LogP contribution in [0.15, 0.2) is 65.9 Å². The van der Waals surface area contributed by atoms with Crippen LogP contribution in [-0.4, -0.2) is 28.9 Å². The third-order valence-corrected chi connectivity index (χ3v) is 5.49. The van der Waals surface area contributed by atoms with E-state index in [2.05, 4.69) is 68.3 Å². The number of unbranched alkanes of at least 4 members (excludes halogenated alkanes) is 1. The smallest absolute Gasteiger partial charge is 0.126 e. The Morgan fingerprint density at radius 2 is 2.13 bits per heavy atom. The van der Waals surface area contributed by atoms with Crippen LogP contribution in [0.2, 0.25) is 0 Å². The number of fused-ring (bicyclic) bond motifs is 1. The van der Waals surface area contributed by atoms with E-state index in [9.17, 15) is 0 Å². The molecular weight excluding hydrogens is 404 g/mol. The van der Waals surface area contributed by atoms with Crippen molar-refractivity contribution in [3.05, 3.63) is 72.1 Å². The van der Waals surface area contributed by atoms with Crippen molar-refractivity contribution in [1.82, 2.24) is 14.7 Å². The van der Waals surface area contributed by atoms with Gasteiger partial charge in [-0.3, -0.25) is 9.98 Å². The summed E-state index contributed by atoms with van der Waals surface area (Å²) in [5, 5.41) is 13.2. The van der Waals surface area contributed by atoms with Crippen molar-refractivity contribution in [2.75, 3.05) is 18.4 Å². The standard InChI is InChI=1S/C24H26N6S/c1-3-4-7-23(21-9-10-22-20(15-21)6-5-12-27-22)31-30-18(2)26-13-14-28-24-11-8-19(16-25)17-29-24/h5-12,15,17H,3-4,13-14H2,1-2H3,(H,26,30)(H,28,29)/b23-7+. The first kappa shape index (κ1) is 22.3. The van der Waals surface area contributed by atoms with Crippen molar-refractivity contribution in [2.24, 2.45) is 4.99 Å². The lowest BCUT2D eigenvalue weighted by atomic mass is 10.1. The van der Waals surface area contributed by atoms with Gasteiger partial charge in [-0.05, 0) is 61.2 Å². The largest absolute Gasteiger partial charge is 0.368 e. The average molecular weight is 431 g/mol. The van der Waals surface area contributed by atoms with E-state index >= 15 is 0 Å². The topological polar surface area (TPSA) is 86.0 Å². The molecule has 2 aromatic heterocycles. The Hall–Kier alpha value is -3.37. The van der Waals surface area contributed by atoms with Crippen LogP contribution >= 0.6 is 11.9 Å². The van der Waals surface area contributed by atoms with E-state index in [1.165, 1.54) is 10.5 Å². The van der Waals surface area contributed by atoms with Crippen LogP contribution in [-0.2, 0) is 0 Å². The molecule has 0 saturated heterocycles. The highest BCUT2D eigenvalue weighted by molar-refractivity contribution is 8.07. The molecule has 0 spiro atoms. The molecule has 3 rings (SSSR count). The van der Waals surface area contributed by atoms with Gasteiger partial charge in [0.25, 0.3) is 0 Å². The van der Waals surface area contributed by atoms with E-state index in [0.717, 1.165) is 35.4 Å². The van der Waals surface area contributed by atoms with Gasteiger partial charge in [0.05, 0.1) is 17.6 Å². The quantitative estimate of drug-likeness (QED) is 0.204. The minimum atomic E-state index is 0.551. The number of anilines is 1. The van der Waals surface area contributed by atoms with E-state index in [4.69, 9.17) is 5.26 Å². The zero-order valence-electron chi connectivity index (χ0n) is 17.8. The minimum absolute atomic E-state index is 0.551. The predicted octanol–water partition coefficient (Wildman–Crippen LogP) is 5.41. The second-order valence-electron chi connectivity index (χ2n) is 6.91. The highest BCUT2D eigenvalue weighted by atomic mass is 32.2. The molecule has 0 saturated carbocycles. The number of pyridine rings is 2. The summed E-state index contributed by atoms with van der Waals surface area (Å²) < 4.78 is 3.36. The third-order valence-electron chi connectivity index (χ3n) is 4.47. The molecule has 0 unspecified atom stereocenters. The number of rotatable bonds is 9. The second-order valence-corrected chi connectivity index (χ2v) is 7.76. The molecule has 0 atom stereocenters. The summed E-state index contributed by atoms with van der Waals surface area (Å²) in [5.74, 6) is 1.61. The fourth-order valence-electron chi connectivity index (χ4n) is 2.86. The minimum Gasteiger partial charge on any atom is -0.368 e. The van der Waals surface area contributed by atoms with Gasteiger partial charge in [0.2, 0.25) is 0 Å². The van der Waals surface area contributed by atoms with Gasteiger partial charge in [0, 0.05) is 29.2 Å². The van der Waals surface area contributed by atoms with Crippen molar-refractivity contribution < 1.29 is 0 Å². The Kier molecular flexibility index (Phi) is 8.44. The summed E-state index contributed by atoms with van der Waals surface area (Å²) >= 11 is 1.59. The molecule has 0 aliphatic heterocycles. The molecule has 0 radical (unpaired) electrons. The van der Waals surface area contributed by atoms with Gasteiger partial charge >= 0.3 is 0 Å². The SMILES string of the molecule is CCC/C=C(/SNC(C)=NCCNc1ccc(C#N)cn1)c1ccc2ncccc2c1. The lowest BCUT2D eigenvalue weighted by molar-refractivity contribution is 0.961. The number of aliphatic imine (C=N–C) groups is 1. The molecule has 158 valence electrons. The first-order chi connectivity index (χ1) is 15.2. The van der Waals surface area contributed by atoms with Gasteiger partial charge in [0.15, 0.2) is 0 Å². The van der Waals surface area contributed by atoms with Crippen molar-refractivity contribution in [3.8, 4) is 6.07 Å². The molecular formula is C24H26N6S. The van der Waals surface area contributed by atoms with Crippen LogP contribution in [0, 0.1) is 11.3 Å². The molecule has 0 aliphatic carbocycles. The molecule has 2 N–H and O–H groups in total. The van der Waals surface area contributed by atoms with E-state index in [1.54, 1.807) is 30.3 Å². The zero-order valence-corrected chi connectivity index (χ0v) is 18.6. The highest BCUT2D eigenvalue weighted by Gasteiger charge is 2.05. The number of aromatic nitrogens is 2. The third kappa shape index (κ3) is 6.83. The van der Waals surface area contributed by atoms with Crippen LogP contribution in [0.4, 0.5) is 5.82 Å². The van der Waals surface area contributed by atoms with Gasteiger partial charge in [-0.15, -0.1) is 0 Å². The van der Waals surface area contributed by atoms with Crippen molar-refractivity contribution in [1.29, 1.82) is 5.26 Å². The fraction of sp³-hybridized carbons (Fsp3) is 0.250. The van der Waals surface area contributed by atoms with E-state index in [1.807, 2.05) is 19.2 Å². The summed E-state index contributed by atoms with van der Waals surface area (Å²) in [6.45, 7) is 5.43. The van der Waals surface area contributed by atoms with Crippen LogP contribution in [0.25, 0.3) is 15.8 Å². The monoisotopic (exact) mass is 430 g/mol. The molecule has 0 bridgehead atoms. The molecule has 0 amide bonds. The molecule has 7 heteroatoms. The second kappa shape index (κ2) is 11.7. The summed E-state index contributed by atoms with van der Waals surface area (Å²) in [6.07, 6.45) is 7.76. The van der Waals surface area contributed by atoms with Crippen LogP contribution in [0.5, 0.6) is 0 Å². The summed E-state index contributed by atoms with van der Waals surface area (Å²) in [5.41, 5.74) is 2.73. The molecule has 0 fully saturated rings. The number of nitriles is 1. The van der Waals surface area contributed by atoms with Gasteiger partial charge in [-0.25, -0.2) is 4.98 Å². The number of nitrogens with zero attached hydrogens (tertiary/aromatic N) is 4. The number of amidine groups is 1. The number of benzene rings is 1.